The van der Waals surface area contributed by atoms with Crippen molar-refractivity contribution in [2.45, 2.75) is 40.2 Å². The zero-order valence-corrected chi connectivity index (χ0v) is 15.6. The van der Waals surface area contributed by atoms with Crippen LogP contribution in [0.4, 0.5) is 0 Å². The van der Waals surface area contributed by atoms with Crippen molar-refractivity contribution in [2.75, 3.05) is 6.61 Å². The van der Waals surface area contributed by atoms with Crippen LogP contribution in [0, 0.1) is 13.8 Å². The first kappa shape index (κ1) is 17.9. The van der Waals surface area contributed by atoms with Crippen LogP contribution in [0.25, 0.3) is 16.7 Å². The molecule has 0 saturated heterocycles. The van der Waals surface area contributed by atoms with E-state index in [0.29, 0.717) is 5.88 Å². The number of amides is 1. The van der Waals surface area contributed by atoms with Gasteiger partial charge in [0.1, 0.15) is 0 Å². The Kier molecular flexibility index (Phi) is 5.21. The third-order valence-corrected chi connectivity index (χ3v) is 4.36. The van der Waals surface area contributed by atoms with Gasteiger partial charge in [0.05, 0.1) is 11.4 Å². The summed E-state index contributed by atoms with van der Waals surface area (Å²) in [5.41, 5.74) is 3.59. The van der Waals surface area contributed by atoms with Crippen molar-refractivity contribution in [3.05, 3.63) is 47.7 Å². The molecular weight excluding hydrogens is 328 g/mol. The second-order valence-electron chi connectivity index (χ2n) is 6.47. The summed E-state index contributed by atoms with van der Waals surface area (Å²) < 4.78 is 7.45. The number of aryl methyl sites for hydroxylation is 2. The molecular formula is C20H24N4O2. The van der Waals surface area contributed by atoms with Gasteiger partial charge in [0, 0.05) is 17.5 Å². The van der Waals surface area contributed by atoms with Gasteiger partial charge in [0.15, 0.2) is 12.3 Å². The lowest BCUT2D eigenvalue weighted by Crippen LogP contribution is -2.35. The number of fused-ring (bicyclic) bond motifs is 1. The molecule has 26 heavy (non-hydrogen) atoms. The Morgan fingerprint density at radius 1 is 1.27 bits per heavy atom. The standard InChI is InChI=1S/C20H24N4O2/c1-5-14(3)21-17(25)12-26-18-11-13(2)19-15(4)23-24(20(19)22-18)16-9-7-6-8-10-16/h6-11,14H,5,12H2,1-4H3,(H,21,25). The second kappa shape index (κ2) is 7.56. The summed E-state index contributed by atoms with van der Waals surface area (Å²) in [5, 5.41) is 8.52. The average molecular weight is 352 g/mol. The summed E-state index contributed by atoms with van der Waals surface area (Å²) in [7, 11) is 0. The van der Waals surface area contributed by atoms with Gasteiger partial charge in [0.2, 0.25) is 5.88 Å². The molecule has 6 nitrogen and oxygen atoms in total. The highest BCUT2D eigenvalue weighted by atomic mass is 16.5. The van der Waals surface area contributed by atoms with Crippen LogP contribution in [0.5, 0.6) is 5.88 Å². The lowest BCUT2D eigenvalue weighted by molar-refractivity contribution is -0.123. The van der Waals surface area contributed by atoms with Crippen LogP contribution < -0.4 is 10.1 Å². The van der Waals surface area contributed by atoms with E-state index >= 15 is 0 Å². The van der Waals surface area contributed by atoms with Crippen LogP contribution in [-0.2, 0) is 4.79 Å². The predicted octanol–water partition coefficient (Wildman–Crippen LogP) is 3.33. The zero-order valence-electron chi connectivity index (χ0n) is 15.6. The molecule has 0 spiro atoms. The third kappa shape index (κ3) is 3.69. The number of benzene rings is 1. The normalized spacial score (nSPS) is 12.2. The number of hydrogen-bond donors (Lipinski definition) is 1. The number of rotatable bonds is 6. The molecule has 0 saturated carbocycles. The Morgan fingerprint density at radius 3 is 2.69 bits per heavy atom. The van der Waals surface area contributed by atoms with E-state index in [4.69, 9.17) is 4.74 Å². The van der Waals surface area contributed by atoms with E-state index in [0.717, 1.165) is 34.4 Å². The number of carbonyl (C=O) groups is 1. The van der Waals surface area contributed by atoms with Crippen LogP contribution in [-0.4, -0.2) is 33.3 Å². The van der Waals surface area contributed by atoms with Gasteiger partial charge in [-0.1, -0.05) is 25.1 Å². The molecule has 0 aliphatic carbocycles. The van der Waals surface area contributed by atoms with Gasteiger partial charge >= 0.3 is 0 Å². The van der Waals surface area contributed by atoms with Crippen molar-refractivity contribution in [3.8, 4) is 11.6 Å². The summed E-state index contributed by atoms with van der Waals surface area (Å²) in [5.74, 6) is 0.276. The fourth-order valence-corrected chi connectivity index (χ4v) is 2.86. The van der Waals surface area contributed by atoms with Crippen LogP contribution in [0.15, 0.2) is 36.4 Å². The SMILES string of the molecule is CCC(C)NC(=O)COc1cc(C)c2c(C)nn(-c3ccccc3)c2n1. The fourth-order valence-electron chi connectivity index (χ4n) is 2.86. The van der Waals surface area contributed by atoms with E-state index in [1.165, 1.54) is 0 Å². The molecule has 2 aromatic heterocycles. The van der Waals surface area contributed by atoms with Crippen LogP contribution in [0.3, 0.4) is 0 Å². The number of carbonyl (C=O) groups excluding carboxylic acids is 1. The monoisotopic (exact) mass is 352 g/mol. The summed E-state index contributed by atoms with van der Waals surface area (Å²) >= 11 is 0. The Bertz CT molecular complexity index is 918. The van der Waals surface area contributed by atoms with Crippen LogP contribution in [0.1, 0.15) is 31.5 Å². The highest BCUT2D eigenvalue weighted by Crippen LogP contribution is 2.26. The number of aromatic nitrogens is 3. The van der Waals surface area contributed by atoms with Crippen molar-refractivity contribution in [1.82, 2.24) is 20.1 Å². The molecule has 1 atom stereocenters. The summed E-state index contributed by atoms with van der Waals surface area (Å²) in [6.07, 6.45) is 0.880. The Morgan fingerprint density at radius 2 is 2.00 bits per heavy atom. The van der Waals surface area contributed by atoms with Crippen molar-refractivity contribution < 1.29 is 9.53 Å². The van der Waals surface area contributed by atoms with E-state index in [9.17, 15) is 4.79 Å². The molecule has 6 heteroatoms. The van der Waals surface area contributed by atoms with E-state index in [-0.39, 0.29) is 18.6 Å². The number of hydrogen-bond acceptors (Lipinski definition) is 4. The maximum atomic E-state index is 11.9. The molecule has 1 aromatic carbocycles. The highest BCUT2D eigenvalue weighted by molar-refractivity contribution is 5.84. The number of ether oxygens (including phenoxy) is 1. The predicted molar refractivity (Wildman–Crippen MR) is 102 cm³/mol. The molecule has 1 unspecified atom stereocenters. The Labute approximate surface area is 153 Å². The van der Waals surface area contributed by atoms with Crippen LogP contribution in [0.2, 0.25) is 0 Å². The number of nitrogens with one attached hydrogen (secondary N) is 1. The average Bonchev–Trinajstić information content (AvgIpc) is 2.97. The smallest absolute Gasteiger partial charge is 0.258 e. The number of pyridine rings is 1. The van der Waals surface area contributed by atoms with Gasteiger partial charge < -0.3 is 10.1 Å². The highest BCUT2D eigenvalue weighted by Gasteiger charge is 2.15. The van der Waals surface area contributed by atoms with E-state index < -0.39 is 0 Å². The van der Waals surface area contributed by atoms with Crippen molar-refractivity contribution in [1.29, 1.82) is 0 Å². The molecule has 1 N–H and O–H groups in total. The van der Waals surface area contributed by atoms with Gasteiger partial charge in [-0.2, -0.15) is 10.1 Å². The minimum Gasteiger partial charge on any atom is -0.468 e. The molecule has 0 aliphatic rings. The molecule has 0 bridgehead atoms. The lowest BCUT2D eigenvalue weighted by Gasteiger charge is -2.12. The van der Waals surface area contributed by atoms with Crippen molar-refractivity contribution >= 4 is 16.9 Å². The maximum absolute atomic E-state index is 11.9. The van der Waals surface area contributed by atoms with Crippen LogP contribution >= 0.6 is 0 Å². The first-order valence-electron chi connectivity index (χ1n) is 8.84. The number of nitrogens with zero attached hydrogens (tertiary/aromatic N) is 3. The van der Waals surface area contributed by atoms with E-state index in [1.807, 2.05) is 68.8 Å². The van der Waals surface area contributed by atoms with E-state index in [2.05, 4.69) is 15.4 Å². The summed E-state index contributed by atoms with van der Waals surface area (Å²) in [6.45, 7) is 7.91. The van der Waals surface area contributed by atoms with Gasteiger partial charge in [0.25, 0.3) is 5.91 Å². The zero-order chi connectivity index (χ0) is 18.7. The van der Waals surface area contributed by atoms with Gasteiger partial charge in [-0.15, -0.1) is 0 Å². The molecule has 2 heterocycles. The first-order valence-corrected chi connectivity index (χ1v) is 8.84. The molecule has 3 aromatic rings. The molecule has 3 rings (SSSR count). The third-order valence-electron chi connectivity index (χ3n) is 4.36. The second-order valence-corrected chi connectivity index (χ2v) is 6.47. The fraction of sp³-hybridized carbons (Fsp3) is 0.350. The minimum absolute atomic E-state index is 0.0548. The lowest BCUT2D eigenvalue weighted by atomic mass is 10.2. The van der Waals surface area contributed by atoms with E-state index in [1.54, 1.807) is 0 Å². The largest absolute Gasteiger partial charge is 0.468 e. The summed E-state index contributed by atoms with van der Waals surface area (Å²) in [6, 6.07) is 11.8. The minimum atomic E-state index is -0.147. The van der Waals surface area contributed by atoms with Crippen molar-refractivity contribution in [3.63, 3.8) is 0 Å². The molecule has 1 amide bonds. The topological polar surface area (TPSA) is 69.0 Å². The Balaban J connectivity index is 1.90. The van der Waals surface area contributed by atoms with Gasteiger partial charge in [-0.3, -0.25) is 4.79 Å². The molecule has 0 aliphatic heterocycles. The first-order chi connectivity index (χ1) is 12.5. The van der Waals surface area contributed by atoms with Gasteiger partial charge in [-0.25, -0.2) is 4.68 Å². The Hall–Kier alpha value is -2.89. The number of para-hydroxylation sites is 1. The molecule has 0 radical (unpaired) electrons. The van der Waals surface area contributed by atoms with Gasteiger partial charge in [-0.05, 0) is 44.9 Å². The maximum Gasteiger partial charge on any atom is 0.258 e. The van der Waals surface area contributed by atoms with Crippen molar-refractivity contribution in [2.24, 2.45) is 0 Å². The molecule has 0 fully saturated rings. The molecule has 136 valence electrons. The summed E-state index contributed by atoms with van der Waals surface area (Å²) in [4.78, 5) is 16.5. The quantitative estimate of drug-likeness (QED) is 0.739.